The first-order valence-electron chi connectivity index (χ1n) is 18.8. The lowest BCUT2D eigenvalue weighted by Crippen LogP contribution is -2.38. The number of fused-ring (bicyclic) bond motifs is 2. The number of hydrogen-bond acceptors (Lipinski definition) is 7. The van der Waals surface area contributed by atoms with E-state index in [1.54, 1.807) is 0 Å². The van der Waals surface area contributed by atoms with Crippen molar-refractivity contribution in [3.05, 3.63) is 179 Å². The molecule has 4 atom stereocenters. The molecule has 8 heteroatoms. The minimum Gasteiger partial charge on any atom is -0.392 e. The van der Waals surface area contributed by atoms with E-state index >= 15 is 0 Å². The minimum atomic E-state index is -0.587. The molecule has 55 heavy (non-hydrogen) atoms. The molecule has 0 aliphatic carbocycles. The van der Waals surface area contributed by atoms with Crippen LogP contribution in [0.2, 0.25) is 0 Å². The van der Waals surface area contributed by atoms with Crippen LogP contribution in [-0.4, -0.2) is 45.6 Å². The smallest absolute Gasteiger partial charge is 0.271 e. The normalized spacial score (nSPS) is 17.7. The van der Waals surface area contributed by atoms with Gasteiger partial charge in [-0.1, -0.05) is 109 Å². The van der Waals surface area contributed by atoms with E-state index in [0.717, 1.165) is 45.4 Å². The lowest BCUT2D eigenvalue weighted by molar-refractivity contribution is -0.253. The second-order valence-electron chi connectivity index (χ2n) is 14.3. The third-order valence-corrected chi connectivity index (χ3v) is 10.6. The maximum atomic E-state index is 13.0. The molecule has 1 amide bonds. The van der Waals surface area contributed by atoms with Gasteiger partial charge in [0.2, 0.25) is 0 Å². The number of aromatic nitrogens is 2. The zero-order chi connectivity index (χ0) is 37.7. The highest BCUT2D eigenvalue weighted by molar-refractivity contribution is 5.93. The van der Waals surface area contributed by atoms with Crippen molar-refractivity contribution in [2.24, 2.45) is 0 Å². The van der Waals surface area contributed by atoms with Crippen LogP contribution in [0.1, 0.15) is 70.1 Å². The molecule has 1 aliphatic rings. The second-order valence-corrected chi connectivity index (χ2v) is 14.3. The molecule has 2 N–H and O–H groups in total. The fourth-order valence-electron chi connectivity index (χ4n) is 7.30. The molecule has 1 aliphatic heterocycles. The summed E-state index contributed by atoms with van der Waals surface area (Å²) in [5.41, 5.74) is 8.83. The molecule has 0 saturated carbocycles. The van der Waals surface area contributed by atoms with Gasteiger partial charge in [-0.3, -0.25) is 14.7 Å². The number of carbonyl (C=O) groups excluding carboxylic acids is 1. The van der Waals surface area contributed by atoms with Crippen molar-refractivity contribution in [1.82, 2.24) is 20.2 Å². The molecule has 8 rings (SSSR count). The van der Waals surface area contributed by atoms with E-state index in [9.17, 15) is 9.90 Å². The van der Waals surface area contributed by atoms with Crippen LogP contribution >= 0.6 is 0 Å². The molecule has 0 spiro atoms. The first kappa shape index (κ1) is 36.2. The summed E-state index contributed by atoms with van der Waals surface area (Å²) in [6, 6.07) is 47.3. The molecule has 1 saturated heterocycles. The van der Waals surface area contributed by atoms with Crippen molar-refractivity contribution in [2.75, 3.05) is 13.6 Å². The number of hydrogen-bond donors (Lipinski definition) is 2. The van der Waals surface area contributed by atoms with Gasteiger partial charge < -0.3 is 19.9 Å². The van der Waals surface area contributed by atoms with Gasteiger partial charge in [-0.15, -0.1) is 0 Å². The number of para-hydroxylation sites is 2. The monoisotopic (exact) mass is 728 g/mol. The Kier molecular flexibility index (Phi) is 10.7. The second kappa shape index (κ2) is 16.3. The summed E-state index contributed by atoms with van der Waals surface area (Å²) in [6.07, 6.45) is 1.33. The molecule has 8 nitrogen and oxygen atoms in total. The molecular weight excluding hydrogens is 685 g/mol. The summed E-state index contributed by atoms with van der Waals surface area (Å²) in [6.45, 7) is 3.31. The number of amides is 1. The first-order chi connectivity index (χ1) is 26.9. The summed E-state index contributed by atoms with van der Waals surface area (Å²) in [5.74, 6) is -0.273. The highest BCUT2D eigenvalue weighted by Crippen LogP contribution is 2.39. The molecule has 1 aromatic heterocycles. The van der Waals surface area contributed by atoms with Gasteiger partial charge in [0.15, 0.2) is 6.29 Å². The Morgan fingerprint density at radius 2 is 1.53 bits per heavy atom. The Morgan fingerprint density at radius 1 is 0.782 bits per heavy atom. The lowest BCUT2D eigenvalue weighted by atomic mass is 9.97. The predicted molar refractivity (Wildman–Crippen MR) is 216 cm³/mol. The Morgan fingerprint density at radius 3 is 2.35 bits per heavy atom. The van der Waals surface area contributed by atoms with Crippen LogP contribution in [-0.2, 0) is 22.6 Å². The van der Waals surface area contributed by atoms with Crippen molar-refractivity contribution in [3.63, 3.8) is 0 Å². The zero-order valence-electron chi connectivity index (χ0n) is 31.0. The Balaban J connectivity index is 0.996. The van der Waals surface area contributed by atoms with Crippen LogP contribution in [0, 0.1) is 0 Å². The van der Waals surface area contributed by atoms with Crippen LogP contribution in [0.3, 0.4) is 0 Å². The van der Waals surface area contributed by atoms with E-state index in [-0.39, 0.29) is 36.5 Å². The topological polar surface area (TPSA) is 96.8 Å². The summed E-state index contributed by atoms with van der Waals surface area (Å²) in [7, 11) is 2.16. The van der Waals surface area contributed by atoms with E-state index in [0.29, 0.717) is 18.5 Å². The highest BCUT2D eigenvalue weighted by Gasteiger charge is 2.33. The van der Waals surface area contributed by atoms with E-state index in [1.165, 1.54) is 22.5 Å². The third kappa shape index (κ3) is 8.33. The quantitative estimate of drug-likeness (QED) is 0.137. The van der Waals surface area contributed by atoms with Gasteiger partial charge in [0, 0.05) is 31.1 Å². The fraction of sp³-hybridized carbons (Fsp3) is 0.213. The van der Waals surface area contributed by atoms with Crippen molar-refractivity contribution in [2.45, 2.75) is 51.0 Å². The molecule has 7 aromatic rings. The average molecular weight is 729 g/mol. The number of rotatable bonds is 11. The van der Waals surface area contributed by atoms with Crippen LogP contribution < -0.4 is 5.32 Å². The molecule has 0 bridgehead atoms. The van der Waals surface area contributed by atoms with Crippen LogP contribution in [0.4, 0.5) is 0 Å². The number of nitrogens with zero attached hydrogens (tertiary/aromatic N) is 3. The number of aliphatic hydroxyl groups is 1. The predicted octanol–water partition coefficient (Wildman–Crippen LogP) is 9.11. The van der Waals surface area contributed by atoms with Crippen molar-refractivity contribution < 1.29 is 19.4 Å². The number of nitrogens with one attached hydrogen (secondary N) is 1. The molecule has 276 valence electrons. The summed E-state index contributed by atoms with van der Waals surface area (Å²) < 4.78 is 13.5. The largest absolute Gasteiger partial charge is 0.392 e. The van der Waals surface area contributed by atoms with E-state index in [4.69, 9.17) is 9.47 Å². The number of ether oxygens (including phenoxy) is 2. The molecule has 2 heterocycles. The molecule has 0 radical (unpaired) electrons. The van der Waals surface area contributed by atoms with E-state index in [2.05, 4.69) is 107 Å². The van der Waals surface area contributed by atoms with Crippen LogP contribution in [0.5, 0.6) is 0 Å². The van der Waals surface area contributed by atoms with Gasteiger partial charge in [-0.05, 0) is 88.5 Å². The van der Waals surface area contributed by atoms with Gasteiger partial charge in [0.1, 0.15) is 5.69 Å². The zero-order valence-corrected chi connectivity index (χ0v) is 31.0. The highest BCUT2D eigenvalue weighted by atomic mass is 16.7. The molecule has 6 aromatic carbocycles. The van der Waals surface area contributed by atoms with Gasteiger partial charge in [-0.25, -0.2) is 4.98 Å². The van der Waals surface area contributed by atoms with Crippen LogP contribution in [0.15, 0.2) is 146 Å². The summed E-state index contributed by atoms with van der Waals surface area (Å²) in [5, 5.41) is 15.1. The first-order valence-corrected chi connectivity index (χ1v) is 18.8. The Labute approximate surface area is 321 Å². The lowest BCUT2D eigenvalue weighted by Gasteiger charge is -2.39. The standard InChI is InChI=1S/C47H44N4O4/c1-31(36-22-21-34-10-3-4-11-38(34)24-36)51(2)29-41-26-45(35-19-17-32(30-52)18-20-35)55-47(54-41)40-14-8-13-39(25-40)37-12-7-9-33(23-37)27-49-46(53)44-28-48-42-15-5-6-16-43(42)50-44/h3-25,28,31,41,45,47,52H,26-27,29-30H2,1-2H3,(H,49,53)/t31-,41+,45-,47-/m1/s1. The van der Waals surface area contributed by atoms with Gasteiger partial charge in [0.25, 0.3) is 5.91 Å². The summed E-state index contributed by atoms with van der Waals surface area (Å²) in [4.78, 5) is 24.2. The Bertz CT molecular complexity index is 2430. The van der Waals surface area contributed by atoms with E-state index < -0.39 is 6.29 Å². The number of likely N-dealkylation sites (N-methyl/N-ethyl adjacent to an activating group) is 1. The van der Waals surface area contributed by atoms with Crippen molar-refractivity contribution >= 4 is 27.7 Å². The maximum absolute atomic E-state index is 13.0. The number of benzene rings is 6. The Hall–Kier alpha value is -5.77. The van der Waals surface area contributed by atoms with Crippen molar-refractivity contribution in [3.8, 4) is 11.1 Å². The average Bonchev–Trinajstić information content (AvgIpc) is 3.25. The van der Waals surface area contributed by atoms with Crippen LogP contribution in [0.25, 0.3) is 32.9 Å². The van der Waals surface area contributed by atoms with Gasteiger partial charge in [-0.2, -0.15) is 0 Å². The molecular formula is C47H44N4O4. The molecule has 1 fully saturated rings. The number of aliphatic hydroxyl groups excluding tert-OH is 1. The fourth-order valence-corrected chi connectivity index (χ4v) is 7.30. The number of carbonyl (C=O) groups is 1. The summed E-state index contributed by atoms with van der Waals surface area (Å²) >= 11 is 0. The third-order valence-electron chi connectivity index (χ3n) is 10.6. The minimum absolute atomic E-state index is 0.00286. The SMILES string of the molecule is C[C@H](c1ccc2ccccc2c1)N(C)C[C@@H]1C[C@H](c2ccc(CO)cc2)O[C@H](c2cccc(-c3cccc(CNC(=O)c4cnc5ccccc5n4)c3)c2)O1. The van der Waals surface area contributed by atoms with Gasteiger partial charge in [0.05, 0.1) is 36.0 Å². The van der Waals surface area contributed by atoms with Gasteiger partial charge >= 0.3 is 0 Å². The van der Waals surface area contributed by atoms with E-state index in [1.807, 2.05) is 66.7 Å². The maximum Gasteiger partial charge on any atom is 0.271 e. The molecule has 0 unspecified atom stereocenters. The van der Waals surface area contributed by atoms with Crippen molar-refractivity contribution in [1.29, 1.82) is 0 Å².